The van der Waals surface area contributed by atoms with Gasteiger partial charge in [0, 0.05) is 0 Å². The van der Waals surface area contributed by atoms with Crippen molar-refractivity contribution in [1.29, 1.82) is 0 Å². The molecule has 16 heavy (non-hydrogen) atoms. The molecule has 0 aliphatic heterocycles. The van der Waals surface area contributed by atoms with Crippen LogP contribution in [0.25, 0.3) is 0 Å². The quantitative estimate of drug-likeness (QED) is 0.809. The molecular weight excluding hydrogens is 203 g/mol. The van der Waals surface area contributed by atoms with E-state index < -0.39 is 6.10 Å². The molecule has 1 N–H and O–H groups in total. The fraction of sp³-hybridized carbons (Fsp3) is 0.571. The molecule has 1 nitrogen and oxygen atoms in total. The Labute approximate surface area is 96.3 Å². The lowest BCUT2D eigenvalue weighted by Crippen LogP contribution is -2.12. The maximum atomic E-state index is 12.8. The normalized spacial score (nSPS) is 25.6. The molecule has 0 aromatic heterocycles. The molecule has 0 amide bonds. The second-order valence-corrected chi connectivity index (χ2v) is 5.66. The van der Waals surface area contributed by atoms with E-state index in [2.05, 4.69) is 13.8 Å². The molecule has 2 heteroatoms. The monoisotopic (exact) mass is 222 g/mol. The first-order chi connectivity index (χ1) is 7.48. The van der Waals surface area contributed by atoms with Gasteiger partial charge in [-0.15, -0.1) is 0 Å². The van der Waals surface area contributed by atoms with Gasteiger partial charge in [0.1, 0.15) is 5.82 Å². The van der Waals surface area contributed by atoms with Crippen molar-refractivity contribution in [2.45, 2.75) is 39.2 Å². The van der Waals surface area contributed by atoms with E-state index in [9.17, 15) is 9.50 Å². The summed E-state index contributed by atoms with van der Waals surface area (Å²) < 4.78 is 12.8. The molecule has 0 saturated heterocycles. The van der Waals surface area contributed by atoms with Gasteiger partial charge in [-0.25, -0.2) is 4.39 Å². The molecule has 0 spiro atoms. The maximum absolute atomic E-state index is 12.8. The van der Waals surface area contributed by atoms with Crippen LogP contribution in [-0.4, -0.2) is 5.11 Å². The van der Waals surface area contributed by atoms with E-state index in [-0.39, 0.29) is 5.82 Å². The van der Waals surface area contributed by atoms with Crippen LogP contribution in [0.15, 0.2) is 24.3 Å². The van der Waals surface area contributed by atoms with Gasteiger partial charge in [0.2, 0.25) is 0 Å². The second kappa shape index (κ2) is 4.17. The van der Waals surface area contributed by atoms with Gasteiger partial charge in [0.15, 0.2) is 0 Å². The number of benzene rings is 1. The summed E-state index contributed by atoms with van der Waals surface area (Å²) in [6, 6.07) is 6.20. The molecule has 1 saturated carbocycles. The fourth-order valence-corrected chi connectivity index (χ4v) is 2.69. The average Bonchev–Trinajstić information content (AvgIpc) is 2.59. The van der Waals surface area contributed by atoms with Gasteiger partial charge >= 0.3 is 0 Å². The third-order valence-corrected chi connectivity index (χ3v) is 3.66. The van der Waals surface area contributed by atoms with E-state index in [4.69, 9.17) is 0 Å². The zero-order valence-corrected chi connectivity index (χ0v) is 9.91. The molecule has 1 aliphatic carbocycles. The van der Waals surface area contributed by atoms with Gasteiger partial charge in [-0.3, -0.25) is 0 Å². The van der Waals surface area contributed by atoms with Crippen LogP contribution in [-0.2, 0) is 0 Å². The summed E-state index contributed by atoms with van der Waals surface area (Å²) in [6.07, 6.45) is 2.83. The minimum atomic E-state index is -0.442. The minimum absolute atomic E-state index is 0.247. The summed E-state index contributed by atoms with van der Waals surface area (Å²) in [6.45, 7) is 4.48. The highest BCUT2D eigenvalue weighted by Gasteiger charge is 2.35. The molecule has 2 rings (SSSR count). The van der Waals surface area contributed by atoms with Crippen molar-refractivity contribution < 1.29 is 9.50 Å². The van der Waals surface area contributed by atoms with Gasteiger partial charge < -0.3 is 5.11 Å². The van der Waals surface area contributed by atoms with Crippen molar-refractivity contribution in [3.8, 4) is 0 Å². The Morgan fingerprint density at radius 3 is 2.44 bits per heavy atom. The van der Waals surface area contributed by atoms with Crippen molar-refractivity contribution in [3.05, 3.63) is 35.6 Å². The Morgan fingerprint density at radius 2 is 1.94 bits per heavy atom. The van der Waals surface area contributed by atoms with Crippen molar-refractivity contribution in [2.75, 3.05) is 0 Å². The average molecular weight is 222 g/mol. The third-order valence-electron chi connectivity index (χ3n) is 3.66. The third kappa shape index (κ3) is 2.43. The zero-order valence-electron chi connectivity index (χ0n) is 9.91. The first kappa shape index (κ1) is 11.6. The summed E-state index contributed by atoms with van der Waals surface area (Å²) in [7, 11) is 0. The second-order valence-electron chi connectivity index (χ2n) is 5.66. The van der Waals surface area contributed by atoms with Crippen molar-refractivity contribution in [2.24, 2.45) is 11.3 Å². The molecule has 0 radical (unpaired) electrons. The SMILES string of the molecule is CC1(C)CC[C@H]([C@@H](O)c2ccc(F)cc2)C1. The number of rotatable bonds is 2. The Bertz CT molecular complexity index is 356. The molecule has 1 aliphatic rings. The van der Waals surface area contributed by atoms with Gasteiger partial charge in [-0.2, -0.15) is 0 Å². The molecule has 0 bridgehead atoms. The number of halogens is 1. The van der Waals surface area contributed by atoms with E-state index in [0.717, 1.165) is 24.8 Å². The smallest absolute Gasteiger partial charge is 0.123 e. The summed E-state index contributed by atoms with van der Waals surface area (Å²) in [5, 5.41) is 10.2. The predicted octanol–water partition coefficient (Wildman–Crippen LogP) is 3.69. The molecular formula is C14H19FO. The fourth-order valence-electron chi connectivity index (χ4n) is 2.69. The molecule has 1 aromatic carbocycles. The maximum Gasteiger partial charge on any atom is 0.123 e. The number of hydrogen-bond donors (Lipinski definition) is 1. The number of aliphatic hydroxyl groups is 1. The lowest BCUT2D eigenvalue weighted by atomic mass is 9.87. The van der Waals surface area contributed by atoms with E-state index in [1.807, 2.05) is 0 Å². The Kier molecular flexibility index (Phi) is 3.02. The standard InChI is InChI=1S/C14H19FO/c1-14(2)8-7-11(9-14)13(16)10-3-5-12(15)6-4-10/h3-6,11,13,16H,7-9H2,1-2H3/t11-,13-/m0/s1. The van der Waals surface area contributed by atoms with E-state index in [1.54, 1.807) is 12.1 Å². The molecule has 0 unspecified atom stereocenters. The van der Waals surface area contributed by atoms with Gasteiger partial charge in [0.25, 0.3) is 0 Å². The van der Waals surface area contributed by atoms with Gasteiger partial charge in [-0.05, 0) is 48.3 Å². The number of aliphatic hydroxyl groups excluding tert-OH is 1. The van der Waals surface area contributed by atoms with Gasteiger partial charge in [-0.1, -0.05) is 26.0 Å². The first-order valence-corrected chi connectivity index (χ1v) is 5.91. The highest BCUT2D eigenvalue weighted by molar-refractivity contribution is 5.19. The first-order valence-electron chi connectivity index (χ1n) is 5.91. The minimum Gasteiger partial charge on any atom is -0.388 e. The van der Waals surface area contributed by atoms with Gasteiger partial charge in [0.05, 0.1) is 6.10 Å². The van der Waals surface area contributed by atoms with Crippen LogP contribution in [0.1, 0.15) is 44.8 Å². The lowest BCUT2D eigenvalue weighted by Gasteiger charge is -2.21. The van der Waals surface area contributed by atoms with Crippen molar-refractivity contribution in [3.63, 3.8) is 0 Å². The number of hydrogen-bond acceptors (Lipinski definition) is 1. The molecule has 88 valence electrons. The molecule has 0 heterocycles. The van der Waals surface area contributed by atoms with Crippen LogP contribution < -0.4 is 0 Å². The van der Waals surface area contributed by atoms with Crippen LogP contribution in [0.2, 0.25) is 0 Å². The van der Waals surface area contributed by atoms with E-state index >= 15 is 0 Å². The summed E-state index contributed by atoms with van der Waals surface area (Å²) in [4.78, 5) is 0. The van der Waals surface area contributed by atoms with Crippen LogP contribution >= 0.6 is 0 Å². The van der Waals surface area contributed by atoms with Crippen LogP contribution in [0, 0.1) is 17.2 Å². The molecule has 1 aromatic rings. The van der Waals surface area contributed by atoms with Crippen molar-refractivity contribution >= 4 is 0 Å². The van der Waals surface area contributed by atoms with Crippen LogP contribution in [0.5, 0.6) is 0 Å². The van der Waals surface area contributed by atoms with Crippen molar-refractivity contribution in [1.82, 2.24) is 0 Å². The summed E-state index contributed by atoms with van der Waals surface area (Å²) in [5.74, 6) is 0.0724. The topological polar surface area (TPSA) is 20.2 Å². The zero-order chi connectivity index (χ0) is 11.8. The lowest BCUT2D eigenvalue weighted by molar-refractivity contribution is 0.105. The Hall–Kier alpha value is -0.890. The Balaban J connectivity index is 2.08. The van der Waals surface area contributed by atoms with E-state index in [1.165, 1.54) is 12.1 Å². The summed E-state index contributed by atoms with van der Waals surface area (Å²) >= 11 is 0. The predicted molar refractivity (Wildman–Crippen MR) is 62.5 cm³/mol. The van der Waals surface area contributed by atoms with E-state index in [0.29, 0.717) is 11.3 Å². The molecule has 1 fully saturated rings. The molecule has 2 atom stereocenters. The summed E-state index contributed by atoms with van der Waals surface area (Å²) in [5.41, 5.74) is 1.18. The largest absolute Gasteiger partial charge is 0.388 e. The Morgan fingerprint density at radius 1 is 1.31 bits per heavy atom. The highest BCUT2D eigenvalue weighted by Crippen LogP contribution is 2.45. The van der Waals surface area contributed by atoms with Crippen LogP contribution in [0.3, 0.4) is 0 Å². The van der Waals surface area contributed by atoms with Crippen LogP contribution in [0.4, 0.5) is 4.39 Å². The highest BCUT2D eigenvalue weighted by atomic mass is 19.1.